The van der Waals surface area contributed by atoms with Crippen LogP contribution >= 0.6 is 0 Å². The Morgan fingerprint density at radius 3 is 2.44 bits per heavy atom. The average Bonchev–Trinajstić information content (AvgIpc) is 2.53. The summed E-state index contributed by atoms with van der Waals surface area (Å²) >= 11 is 0. The van der Waals surface area contributed by atoms with Gasteiger partial charge in [0.05, 0.1) is 11.4 Å². The van der Waals surface area contributed by atoms with Gasteiger partial charge in [-0.25, -0.2) is 23.2 Å². The van der Waals surface area contributed by atoms with Crippen molar-refractivity contribution in [2.45, 2.75) is 25.7 Å². The van der Waals surface area contributed by atoms with Crippen LogP contribution in [0.25, 0.3) is 5.82 Å². The predicted molar refractivity (Wildman–Crippen MR) is 66.9 cm³/mol. The summed E-state index contributed by atoms with van der Waals surface area (Å²) in [7, 11) is -3.77. The highest BCUT2D eigenvalue weighted by Gasteiger charge is 2.21. The Hall–Kier alpha value is -1.73. The zero-order valence-corrected chi connectivity index (χ0v) is 11.2. The molecule has 2 aromatic rings. The van der Waals surface area contributed by atoms with Crippen molar-refractivity contribution in [2.75, 3.05) is 0 Å². The van der Waals surface area contributed by atoms with Crippen LogP contribution in [0.4, 0.5) is 0 Å². The molecule has 7 heteroatoms. The van der Waals surface area contributed by atoms with Gasteiger partial charge in [-0.3, -0.25) is 0 Å². The maximum absolute atomic E-state index is 11.5. The molecule has 0 saturated carbocycles. The number of primary sulfonamides is 1. The fourth-order valence-corrected chi connectivity index (χ4v) is 2.85. The Bertz CT molecular complexity index is 704. The third-order valence-corrected chi connectivity index (χ3v) is 3.79. The first-order valence-corrected chi connectivity index (χ1v) is 6.87. The van der Waals surface area contributed by atoms with E-state index in [1.807, 2.05) is 19.1 Å². The lowest BCUT2D eigenvalue weighted by atomic mass is 10.3. The van der Waals surface area contributed by atoms with Crippen molar-refractivity contribution < 1.29 is 8.42 Å². The molecule has 0 spiro atoms. The van der Waals surface area contributed by atoms with Gasteiger partial charge in [0.25, 0.3) is 0 Å². The molecule has 2 rings (SSSR count). The molecule has 2 N–H and O–H groups in total. The number of pyridine rings is 1. The smallest absolute Gasteiger partial charge is 0.237 e. The molecule has 0 atom stereocenters. The molecule has 0 saturated heterocycles. The Morgan fingerprint density at radius 1 is 1.28 bits per heavy atom. The van der Waals surface area contributed by atoms with E-state index in [-0.39, 0.29) is 4.90 Å². The van der Waals surface area contributed by atoms with Crippen LogP contribution < -0.4 is 5.14 Å². The second-order valence-corrected chi connectivity index (χ2v) is 5.65. The van der Waals surface area contributed by atoms with Crippen LogP contribution in [-0.4, -0.2) is 23.2 Å². The van der Waals surface area contributed by atoms with E-state index in [9.17, 15) is 8.42 Å². The van der Waals surface area contributed by atoms with Gasteiger partial charge in [0.2, 0.25) is 10.0 Å². The van der Waals surface area contributed by atoms with E-state index in [0.29, 0.717) is 17.2 Å². The lowest BCUT2D eigenvalue weighted by molar-refractivity contribution is 0.596. The third-order valence-electron chi connectivity index (χ3n) is 2.63. The number of hydrogen-bond acceptors (Lipinski definition) is 4. The van der Waals surface area contributed by atoms with Gasteiger partial charge in [-0.05, 0) is 38.5 Å². The molecule has 0 aliphatic rings. The average molecular weight is 266 g/mol. The lowest BCUT2D eigenvalue weighted by Gasteiger charge is -2.04. The second-order valence-electron chi connectivity index (χ2n) is 4.15. The number of nitrogens with zero attached hydrogens (tertiary/aromatic N) is 3. The zero-order chi connectivity index (χ0) is 13.5. The molecule has 0 unspecified atom stereocenters. The zero-order valence-electron chi connectivity index (χ0n) is 10.4. The number of nitrogens with two attached hydrogens (primary N) is 1. The summed E-state index contributed by atoms with van der Waals surface area (Å²) in [5, 5.41) is 9.36. The van der Waals surface area contributed by atoms with Gasteiger partial charge in [0, 0.05) is 6.20 Å². The first-order valence-electron chi connectivity index (χ1n) is 5.33. The summed E-state index contributed by atoms with van der Waals surface area (Å²) in [4.78, 5) is 4.23. The summed E-state index contributed by atoms with van der Waals surface area (Å²) in [5.74, 6) is 0.575. The molecular weight excluding hydrogens is 252 g/mol. The molecule has 2 heterocycles. The second kappa shape index (κ2) is 4.18. The van der Waals surface area contributed by atoms with Crippen molar-refractivity contribution in [1.29, 1.82) is 0 Å². The van der Waals surface area contributed by atoms with E-state index < -0.39 is 10.0 Å². The quantitative estimate of drug-likeness (QED) is 0.872. The molecule has 18 heavy (non-hydrogen) atoms. The van der Waals surface area contributed by atoms with Crippen LogP contribution in [0.2, 0.25) is 0 Å². The molecule has 2 aromatic heterocycles. The Labute approximate surface area is 106 Å². The van der Waals surface area contributed by atoms with Crippen LogP contribution in [-0.2, 0) is 10.0 Å². The summed E-state index contributed by atoms with van der Waals surface area (Å²) in [6, 6.07) is 3.68. The van der Waals surface area contributed by atoms with E-state index in [1.54, 1.807) is 20.0 Å². The number of rotatable bonds is 2. The Balaban J connectivity index is 2.69. The van der Waals surface area contributed by atoms with Gasteiger partial charge < -0.3 is 0 Å². The molecule has 0 radical (unpaired) electrons. The summed E-state index contributed by atoms with van der Waals surface area (Å²) in [5.41, 5.74) is 1.86. The minimum absolute atomic E-state index is 0.0609. The van der Waals surface area contributed by atoms with E-state index >= 15 is 0 Å². The van der Waals surface area contributed by atoms with Gasteiger partial charge in [-0.1, -0.05) is 0 Å². The van der Waals surface area contributed by atoms with Gasteiger partial charge in [-0.15, -0.1) is 0 Å². The summed E-state index contributed by atoms with van der Waals surface area (Å²) in [6.45, 7) is 5.19. The monoisotopic (exact) mass is 266 g/mol. The van der Waals surface area contributed by atoms with Crippen LogP contribution in [0.3, 0.4) is 0 Å². The number of hydrogen-bond donors (Lipinski definition) is 1. The molecule has 0 aliphatic carbocycles. The van der Waals surface area contributed by atoms with Crippen molar-refractivity contribution in [2.24, 2.45) is 5.14 Å². The van der Waals surface area contributed by atoms with Crippen LogP contribution in [0.5, 0.6) is 0 Å². The van der Waals surface area contributed by atoms with Gasteiger partial charge in [0.15, 0.2) is 5.82 Å². The van der Waals surface area contributed by atoms with E-state index in [4.69, 9.17) is 5.14 Å². The molecule has 96 valence electrons. The van der Waals surface area contributed by atoms with E-state index in [1.165, 1.54) is 4.68 Å². The normalized spacial score (nSPS) is 11.8. The predicted octanol–water partition coefficient (Wildman–Crippen LogP) is 0.840. The third kappa shape index (κ3) is 2.14. The molecule has 0 bridgehead atoms. The maximum Gasteiger partial charge on any atom is 0.241 e. The summed E-state index contributed by atoms with van der Waals surface area (Å²) < 4.78 is 24.5. The van der Waals surface area contributed by atoms with Crippen molar-refractivity contribution in [1.82, 2.24) is 14.8 Å². The van der Waals surface area contributed by atoms with Gasteiger partial charge >= 0.3 is 0 Å². The van der Waals surface area contributed by atoms with Crippen molar-refractivity contribution in [3.8, 4) is 5.82 Å². The molecular formula is C11H14N4O2S. The molecule has 0 amide bonds. The largest absolute Gasteiger partial charge is 0.241 e. The van der Waals surface area contributed by atoms with Crippen LogP contribution in [0.15, 0.2) is 23.2 Å². The minimum atomic E-state index is -3.77. The first kappa shape index (κ1) is 12.7. The molecule has 0 aliphatic heterocycles. The van der Waals surface area contributed by atoms with Gasteiger partial charge in [-0.2, -0.15) is 5.10 Å². The molecule has 0 fully saturated rings. The van der Waals surface area contributed by atoms with Crippen molar-refractivity contribution >= 4 is 10.0 Å². The fraction of sp³-hybridized carbons (Fsp3) is 0.273. The number of aryl methyl sites for hydroxylation is 2. The highest BCUT2D eigenvalue weighted by molar-refractivity contribution is 7.89. The lowest BCUT2D eigenvalue weighted by Crippen LogP contribution is -2.14. The SMILES string of the molecule is Cc1ccnc(-n2nc(C)c(S(N)(=O)=O)c2C)c1. The van der Waals surface area contributed by atoms with E-state index in [0.717, 1.165) is 5.56 Å². The topological polar surface area (TPSA) is 90.9 Å². The molecule has 0 aromatic carbocycles. The molecule has 6 nitrogen and oxygen atoms in total. The van der Waals surface area contributed by atoms with Crippen molar-refractivity contribution in [3.63, 3.8) is 0 Å². The highest BCUT2D eigenvalue weighted by Crippen LogP contribution is 2.20. The van der Waals surface area contributed by atoms with Crippen LogP contribution in [0.1, 0.15) is 17.0 Å². The Morgan fingerprint density at radius 2 is 1.94 bits per heavy atom. The highest BCUT2D eigenvalue weighted by atomic mass is 32.2. The Kier molecular flexibility index (Phi) is 2.95. The number of aromatic nitrogens is 3. The standard InChI is InChI=1S/C11H14N4O2S/c1-7-4-5-13-10(6-7)15-9(3)11(8(2)14-15)18(12,16)17/h4-6H,1-3H3,(H2,12,16,17). The van der Waals surface area contributed by atoms with Crippen molar-refractivity contribution in [3.05, 3.63) is 35.3 Å². The van der Waals surface area contributed by atoms with E-state index in [2.05, 4.69) is 10.1 Å². The summed E-state index contributed by atoms with van der Waals surface area (Å²) in [6.07, 6.45) is 1.65. The number of sulfonamides is 1. The van der Waals surface area contributed by atoms with Crippen LogP contribution in [0, 0.1) is 20.8 Å². The first-order chi connectivity index (χ1) is 8.30. The fourth-order valence-electron chi connectivity index (χ4n) is 1.90. The minimum Gasteiger partial charge on any atom is -0.237 e. The maximum atomic E-state index is 11.5. The van der Waals surface area contributed by atoms with Gasteiger partial charge in [0.1, 0.15) is 4.90 Å².